The molecule has 0 radical (unpaired) electrons. The van der Waals surface area contributed by atoms with Crippen LogP contribution in [0.5, 0.6) is 0 Å². The Hall–Kier alpha value is -2.35. The van der Waals surface area contributed by atoms with E-state index >= 15 is 0 Å². The molecule has 2 heterocycles. The number of anilines is 1. The highest BCUT2D eigenvalue weighted by molar-refractivity contribution is 5.86. The van der Waals surface area contributed by atoms with Gasteiger partial charge in [-0.2, -0.15) is 0 Å². The van der Waals surface area contributed by atoms with Gasteiger partial charge in [0.2, 0.25) is 11.8 Å². The van der Waals surface area contributed by atoms with Crippen molar-refractivity contribution in [1.29, 1.82) is 0 Å². The number of rotatable bonds is 6. The highest BCUT2D eigenvalue weighted by atomic mass is 35.5. The Morgan fingerprint density at radius 2 is 1.87 bits per heavy atom. The van der Waals surface area contributed by atoms with Crippen molar-refractivity contribution in [2.45, 2.75) is 51.2 Å². The summed E-state index contributed by atoms with van der Waals surface area (Å²) in [6.45, 7) is 4.69. The van der Waals surface area contributed by atoms with Crippen molar-refractivity contribution < 1.29 is 9.59 Å². The molecule has 2 unspecified atom stereocenters. The number of halogens is 2. The first-order valence-corrected chi connectivity index (χ1v) is 9.96. The highest BCUT2D eigenvalue weighted by Crippen LogP contribution is 2.32. The van der Waals surface area contributed by atoms with Gasteiger partial charge in [0.15, 0.2) is 0 Å². The van der Waals surface area contributed by atoms with Crippen LogP contribution in [0.3, 0.4) is 0 Å². The molecule has 3 atom stereocenters. The van der Waals surface area contributed by atoms with Gasteiger partial charge in [0.05, 0.1) is 12.1 Å². The van der Waals surface area contributed by atoms with Gasteiger partial charge in [-0.15, -0.1) is 24.8 Å². The molecule has 1 saturated heterocycles. The zero-order valence-electron chi connectivity index (χ0n) is 17.8. The molecule has 1 aliphatic heterocycles. The minimum absolute atomic E-state index is 0. The summed E-state index contributed by atoms with van der Waals surface area (Å²) in [5, 5.41) is 2.95. The molecule has 1 aromatic heterocycles. The minimum atomic E-state index is -0.463. The van der Waals surface area contributed by atoms with Gasteiger partial charge < -0.3 is 16.8 Å². The molecule has 7 nitrogen and oxygen atoms in total. The van der Waals surface area contributed by atoms with E-state index in [2.05, 4.69) is 22.4 Å². The predicted octanol–water partition coefficient (Wildman–Crippen LogP) is 2.55. The maximum Gasteiger partial charge on any atom is 0.237 e. The fraction of sp³-hybridized carbons (Fsp3) is 0.409. The number of aryl methyl sites for hydroxylation is 1. The quantitative estimate of drug-likeness (QED) is 0.603. The first-order valence-electron chi connectivity index (χ1n) is 9.96. The molecular formula is C22H31Cl2N5O2. The number of carbonyl (C=O) groups excluding carboxylic acids is 2. The van der Waals surface area contributed by atoms with Gasteiger partial charge in [-0.05, 0) is 49.8 Å². The number of hydrogen-bond donors (Lipinski definition) is 3. The van der Waals surface area contributed by atoms with E-state index in [1.54, 1.807) is 6.07 Å². The third-order valence-electron chi connectivity index (χ3n) is 5.79. The van der Waals surface area contributed by atoms with Crippen LogP contribution in [-0.2, 0) is 16.1 Å². The first kappa shape index (κ1) is 26.7. The molecule has 0 bridgehead atoms. The number of aromatic nitrogens is 1. The molecule has 0 saturated carbocycles. The number of nitrogen functional groups attached to an aromatic ring is 1. The van der Waals surface area contributed by atoms with E-state index in [9.17, 15) is 9.59 Å². The minimum Gasteiger partial charge on any atom is -0.384 e. The van der Waals surface area contributed by atoms with Crippen LogP contribution in [0, 0.1) is 6.92 Å². The molecule has 3 rings (SSSR count). The molecule has 0 spiro atoms. The summed E-state index contributed by atoms with van der Waals surface area (Å²) in [7, 11) is 0. The number of piperidine rings is 1. The lowest BCUT2D eigenvalue weighted by Gasteiger charge is -2.40. The normalized spacial score (nSPS) is 19.4. The lowest BCUT2D eigenvalue weighted by molar-refractivity contribution is -0.132. The van der Waals surface area contributed by atoms with Gasteiger partial charge in [-0.25, -0.2) is 4.98 Å². The summed E-state index contributed by atoms with van der Waals surface area (Å²) in [6, 6.07) is 12.8. The molecule has 170 valence electrons. The summed E-state index contributed by atoms with van der Waals surface area (Å²) in [5.41, 5.74) is 14.3. The van der Waals surface area contributed by atoms with E-state index in [0.29, 0.717) is 25.3 Å². The van der Waals surface area contributed by atoms with E-state index in [4.69, 9.17) is 11.5 Å². The number of nitrogens with two attached hydrogens (primary N) is 2. The Bertz CT molecular complexity index is 881. The molecule has 0 aliphatic carbocycles. The average Bonchev–Trinajstić information content (AvgIpc) is 2.72. The van der Waals surface area contributed by atoms with Gasteiger partial charge in [0.25, 0.3) is 0 Å². The second kappa shape index (κ2) is 11.9. The van der Waals surface area contributed by atoms with E-state index in [0.717, 1.165) is 17.7 Å². The second-order valence-electron chi connectivity index (χ2n) is 7.66. The summed E-state index contributed by atoms with van der Waals surface area (Å²) in [6.07, 6.45) is 1.50. The Labute approximate surface area is 195 Å². The Morgan fingerprint density at radius 1 is 1.19 bits per heavy atom. The predicted molar refractivity (Wildman–Crippen MR) is 127 cm³/mol. The number of hydrogen-bond acceptors (Lipinski definition) is 5. The SMILES string of the molecule is Cc1nc(N)ccc1CNC(=O)[C@H](C)N1CCC(c2ccccc2)CC1C(N)=O.Cl.Cl. The van der Waals surface area contributed by atoms with Gasteiger partial charge >= 0.3 is 0 Å². The van der Waals surface area contributed by atoms with Crippen LogP contribution < -0.4 is 16.8 Å². The molecular weight excluding hydrogens is 437 g/mol. The number of primary amides is 1. The van der Waals surface area contributed by atoms with Crippen LogP contribution in [0.25, 0.3) is 0 Å². The molecule has 1 aromatic carbocycles. The van der Waals surface area contributed by atoms with Crippen molar-refractivity contribution in [2.24, 2.45) is 5.73 Å². The van der Waals surface area contributed by atoms with Gasteiger partial charge in [-0.1, -0.05) is 36.4 Å². The van der Waals surface area contributed by atoms with Crippen LogP contribution in [0.1, 0.15) is 42.5 Å². The molecule has 31 heavy (non-hydrogen) atoms. The molecule has 9 heteroatoms. The fourth-order valence-corrected chi connectivity index (χ4v) is 4.03. The number of nitrogens with zero attached hydrogens (tertiary/aromatic N) is 2. The van der Waals surface area contributed by atoms with Crippen molar-refractivity contribution in [3.05, 3.63) is 59.3 Å². The molecule has 1 fully saturated rings. The largest absolute Gasteiger partial charge is 0.384 e. The number of pyridine rings is 1. The third kappa shape index (κ3) is 6.56. The van der Waals surface area contributed by atoms with Gasteiger partial charge in [0.1, 0.15) is 5.82 Å². The van der Waals surface area contributed by atoms with Crippen molar-refractivity contribution in [3.63, 3.8) is 0 Å². The van der Waals surface area contributed by atoms with E-state index in [-0.39, 0.29) is 42.5 Å². The van der Waals surface area contributed by atoms with Crippen LogP contribution in [0.15, 0.2) is 42.5 Å². The average molecular weight is 468 g/mol. The maximum atomic E-state index is 12.8. The van der Waals surface area contributed by atoms with Crippen LogP contribution in [0.4, 0.5) is 5.82 Å². The van der Waals surface area contributed by atoms with Gasteiger partial charge in [-0.3, -0.25) is 14.5 Å². The van der Waals surface area contributed by atoms with E-state index in [1.807, 2.05) is 43.0 Å². The van der Waals surface area contributed by atoms with Crippen LogP contribution in [-0.4, -0.2) is 40.3 Å². The number of likely N-dealkylation sites (tertiary alicyclic amines) is 1. The van der Waals surface area contributed by atoms with Crippen LogP contribution >= 0.6 is 24.8 Å². The van der Waals surface area contributed by atoms with Crippen molar-refractivity contribution in [1.82, 2.24) is 15.2 Å². The molecule has 2 aromatic rings. The zero-order chi connectivity index (χ0) is 21.0. The Balaban J connectivity index is 0.00000240. The van der Waals surface area contributed by atoms with Crippen molar-refractivity contribution in [3.8, 4) is 0 Å². The Kier molecular flexibility index (Phi) is 10.2. The second-order valence-corrected chi connectivity index (χ2v) is 7.66. The molecule has 2 amide bonds. The summed E-state index contributed by atoms with van der Waals surface area (Å²) >= 11 is 0. The molecule has 1 aliphatic rings. The number of benzene rings is 1. The summed E-state index contributed by atoms with van der Waals surface area (Å²) < 4.78 is 0. The van der Waals surface area contributed by atoms with Gasteiger partial charge in [0, 0.05) is 18.8 Å². The van der Waals surface area contributed by atoms with E-state index < -0.39 is 12.1 Å². The topological polar surface area (TPSA) is 114 Å². The van der Waals surface area contributed by atoms with Crippen LogP contribution in [0.2, 0.25) is 0 Å². The molecule has 5 N–H and O–H groups in total. The first-order chi connectivity index (χ1) is 13.9. The van der Waals surface area contributed by atoms with Crippen molar-refractivity contribution >= 4 is 42.4 Å². The monoisotopic (exact) mass is 467 g/mol. The number of carbonyl (C=O) groups is 2. The number of amides is 2. The standard InChI is InChI=1S/C22H29N5O2.2ClH/c1-14-18(8-9-20(23)26-14)13-25-22(29)15(2)27-11-10-17(12-19(27)21(24)28)16-6-4-3-5-7-16;;/h3-9,15,17,19H,10-13H2,1-2H3,(H2,23,26)(H2,24,28)(H,25,29);2*1H/t15-,17?,19?;;/m0../s1. The summed E-state index contributed by atoms with van der Waals surface area (Å²) in [4.78, 5) is 31.1. The highest BCUT2D eigenvalue weighted by Gasteiger charge is 2.37. The third-order valence-corrected chi connectivity index (χ3v) is 5.79. The lowest BCUT2D eigenvalue weighted by Crippen LogP contribution is -2.56. The summed E-state index contributed by atoms with van der Waals surface area (Å²) in [5.74, 6) is 0.203. The van der Waals surface area contributed by atoms with Crippen molar-refractivity contribution in [2.75, 3.05) is 12.3 Å². The zero-order valence-corrected chi connectivity index (χ0v) is 19.4. The fourth-order valence-electron chi connectivity index (χ4n) is 4.03. The van der Waals surface area contributed by atoms with E-state index in [1.165, 1.54) is 5.56 Å². The number of nitrogens with one attached hydrogen (secondary N) is 1. The smallest absolute Gasteiger partial charge is 0.237 e. The Morgan fingerprint density at radius 3 is 2.48 bits per heavy atom. The lowest BCUT2D eigenvalue weighted by atomic mass is 9.84. The maximum absolute atomic E-state index is 12.8.